The van der Waals surface area contributed by atoms with Crippen LogP contribution in [0.15, 0.2) is 30.5 Å². The molecule has 4 nitrogen and oxygen atoms in total. The SMILES string of the molecule is N=C(N)c1cnc2ccccc2c1OC1CCCC1. The molecule has 3 rings (SSSR count). The fraction of sp³-hybridized carbons (Fsp3) is 0.333. The third kappa shape index (κ3) is 2.26. The molecule has 4 heteroatoms. The van der Waals surface area contributed by atoms with Gasteiger partial charge in [-0.1, -0.05) is 12.1 Å². The van der Waals surface area contributed by atoms with E-state index < -0.39 is 0 Å². The Morgan fingerprint density at radius 1 is 1.26 bits per heavy atom. The molecule has 1 aliphatic carbocycles. The van der Waals surface area contributed by atoms with E-state index in [2.05, 4.69) is 4.98 Å². The van der Waals surface area contributed by atoms with Gasteiger partial charge in [0.25, 0.3) is 0 Å². The zero-order valence-corrected chi connectivity index (χ0v) is 10.7. The predicted octanol–water partition coefficient (Wildman–Crippen LogP) is 2.84. The Morgan fingerprint density at radius 3 is 2.74 bits per heavy atom. The van der Waals surface area contributed by atoms with Crippen LogP contribution >= 0.6 is 0 Å². The summed E-state index contributed by atoms with van der Waals surface area (Å²) in [5.41, 5.74) is 7.11. The van der Waals surface area contributed by atoms with Gasteiger partial charge in [-0.25, -0.2) is 0 Å². The fourth-order valence-electron chi connectivity index (χ4n) is 2.61. The number of benzene rings is 1. The number of hydrogen-bond donors (Lipinski definition) is 2. The number of nitrogens with two attached hydrogens (primary N) is 1. The van der Waals surface area contributed by atoms with Crippen LogP contribution < -0.4 is 10.5 Å². The number of hydrogen-bond acceptors (Lipinski definition) is 3. The van der Waals surface area contributed by atoms with Gasteiger partial charge >= 0.3 is 0 Å². The molecule has 0 aliphatic heterocycles. The van der Waals surface area contributed by atoms with Gasteiger partial charge in [0.15, 0.2) is 0 Å². The van der Waals surface area contributed by atoms with E-state index in [0.29, 0.717) is 11.3 Å². The van der Waals surface area contributed by atoms with E-state index in [1.54, 1.807) is 6.20 Å². The van der Waals surface area contributed by atoms with E-state index in [0.717, 1.165) is 23.7 Å². The van der Waals surface area contributed by atoms with Gasteiger partial charge in [-0.2, -0.15) is 0 Å². The average Bonchev–Trinajstić information content (AvgIpc) is 2.92. The minimum atomic E-state index is 0.00579. The highest BCUT2D eigenvalue weighted by Gasteiger charge is 2.20. The van der Waals surface area contributed by atoms with Crippen molar-refractivity contribution >= 4 is 16.7 Å². The number of nitrogens with one attached hydrogen (secondary N) is 1. The van der Waals surface area contributed by atoms with Crippen LogP contribution in [0.25, 0.3) is 10.9 Å². The number of aromatic nitrogens is 1. The molecule has 3 N–H and O–H groups in total. The first kappa shape index (κ1) is 12.0. The van der Waals surface area contributed by atoms with E-state index in [-0.39, 0.29) is 11.9 Å². The van der Waals surface area contributed by atoms with Crippen LogP contribution in [0, 0.1) is 5.41 Å². The van der Waals surface area contributed by atoms with Crippen molar-refractivity contribution in [3.05, 3.63) is 36.0 Å². The van der Waals surface area contributed by atoms with Crippen LogP contribution in [-0.4, -0.2) is 16.9 Å². The summed E-state index contributed by atoms with van der Waals surface area (Å²) in [6.07, 6.45) is 6.45. The Balaban J connectivity index is 2.10. The highest BCUT2D eigenvalue weighted by Crippen LogP contribution is 2.32. The normalized spacial score (nSPS) is 15.8. The monoisotopic (exact) mass is 255 g/mol. The van der Waals surface area contributed by atoms with Crippen molar-refractivity contribution in [3.8, 4) is 5.75 Å². The van der Waals surface area contributed by atoms with E-state index in [1.165, 1.54) is 12.8 Å². The number of pyridine rings is 1. The number of amidine groups is 1. The van der Waals surface area contributed by atoms with Crippen LogP contribution in [0.5, 0.6) is 5.75 Å². The molecule has 1 saturated carbocycles. The number of rotatable bonds is 3. The molecule has 1 heterocycles. The number of nitrogens with zero attached hydrogens (tertiary/aromatic N) is 1. The van der Waals surface area contributed by atoms with Gasteiger partial charge in [0.05, 0.1) is 17.2 Å². The third-order valence-corrected chi connectivity index (χ3v) is 3.60. The average molecular weight is 255 g/mol. The van der Waals surface area contributed by atoms with Crippen LogP contribution in [0.4, 0.5) is 0 Å². The molecule has 19 heavy (non-hydrogen) atoms. The maximum atomic E-state index is 7.68. The first-order valence-corrected chi connectivity index (χ1v) is 6.64. The zero-order valence-electron chi connectivity index (χ0n) is 10.7. The van der Waals surface area contributed by atoms with Gasteiger partial charge in [-0.3, -0.25) is 10.4 Å². The summed E-state index contributed by atoms with van der Waals surface area (Å²) in [6.45, 7) is 0. The molecular weight excluding hydrogens is 238 g/mol. The maximum absolute atomic E-state index is 7.68. The van der Waals surface area contributed by atoms with Gasteiger partial charge in [0.1, 0.15) is 11.6 Å². The quantitative estimate of drug-likeness (QED) is 0.654. The molecule has 98 valence electrons. The van der Waals surface area contributed by atoms with Gasteiger partial charge in [0, 0.05) is 11.6 Å². The lowest BCUT2D eigenvalue weighted by molar-refractivity contribution is 0.212. The second-order valence-electron chi connectivity index (χ2n) is 4.96. The van der Waals surface area contributed by atoms with Gasteiger partial charge in [-0.15, -0.1) is 0 Å². The molecule has 0 radical (unpaired) electrons. The fourth-order valence-corrected chi connectivity index (χ4v) is 2.61. The maximum Gasteiger partial charge on any atom is 0.141 e. The van der Waals surface area contributed by atoms with Crippen molar-refractivity contribution in [2.75, 3.05) is 0 Å². The van der Waals surface area contributed by atoms with E-state index >= 15 is 0 Å². The summed E-state index contributed by atoms with van der Waals surface area (Å²) in [7, 11) is 0. The summed E-state index contributed by atoms with van der Waals surface area (Å²) < 4.78 is 6.12. The molecule has 0 spiro atoms. The summed E-state index contributed by atoms with van der Waals surface area (Å²) in [5.74, 6) is 0.719. The molecule has 0 amide bonds. The Bertz CT molecular complexity index is 618. The summed E-state index contributed by atoms with van der Waals surface area (Å²) in [6, 6.07) is 7.82. The highest BCUT2D eigenvalue weighted by molar-refractivity contribution is 6.02. The van der Waals surface area contributed by atoms with Gasteiger partial charge in [-0.05, 0) is 37.8 Å². The minimum Gasteiger partial charge on any atom is -0.489 e. The number of nitrogen functional groups attached to an aromatic ring is 1. The van der Waals surface area contributed by atoms with E-state index in [1.807, 2.05) is 24.3 Å². The summed E-state index contributed by atoms with van der Waals surface area (Å²) >= 11 is 0. The molecule has 1 aromatic heterocycles. The van der Waals surface area contributed by atoms with Crippen molar-refractivity contribution in [3.63, 3.8) is 0 Å². The lowest BCUT2D eigenvalue weighted by atomic mass is 10.1. The molecule has 0 atom stereocenters. The van der Waals surface area contributed by atoms with E-state index in [9.17, 15) is 0 Å². The number of fused-ring (bicyclic) bond motifs is 1. The van der Waals surface area contributed by atoms with Crippen molar-refractivity contribution < 1.29 is 4.74 Å². The predicted molar refractivity (Wildman–Crippen MR) is 75.6 cm³/mol. The van der Waals surface area contributed by atoms with E-state index in [4.69, 9.17) is 15.9 Å². The van der Waals surface area contributed by atoms with Crippen LogP contribution in [0.2, 0.25) is 0 Å². The summed E-state index contributed by atoms with van der Waals surface area (Å²) in [4.78, 5) is 4.34. The molecular formula is C15H17N3O. The number of para-hydroxylation sites is 1. The molecule has 1 aliphatic rings. The van der Waals surface area contributed by atoms with Crippen molar-refractivity contribution in [2.24, 2.45) is 5.73 Å². The molecule has 1 aromatic carbocycles. The zero-order chi connectivity index (χ0) is 13.2. The molecule has 0 saturated heterocycles. The lowest BCUT2D eigenvalue weighted by Gasteiger charge is -2.17. The highest BCUT2D eigenvalue weighted by atomic mass is 16.5. The second-order valence-corrected chi connectivity index (χ2v) is 4.96. The van der Waals surface area contributed by atoms with Crippen LogP contribution in [-0.2, 0) is 0 Å². The van der Waals surface area contributed by atoms with Crippen molar-refractivity contribution in [2.45, 2.75) is 31.8 Å². The van der Waals surface area contributed by atoms with Crippen LogP contribution in [0.3, 0.4) is 0 Å². The van der Waals surface area contributed by atoms with Crippen LogP contribution in [0.1, 0.15) is 31.2 Å². The smallest absolute Gasteiger partial charge is 0.141 e. The third-order valence-electron chi connectivity index (χ3n) is 3.60. The topological polar surface area (TPSA) is 72.0 Å². The van der Waals surface area contributed by atoms with Gasteiger partial charge < -0.3 is 10.5 Å². The second kappa shape index (κ2) is 4.88. The Hall–Kier alpha value is -2.10. The van der Waals surface area contributed by atoms with Gasteiger partial charge in [0.2, 0.25) is 0 Å². The Kier molecular flexibility index (Phi) is 3.07. The minimum absolute atomic E-state index is 0.00579. The van der Waals surface area contributed by atoms with Crippen molar-refractivity contribution in [1.29, 1.82) is 5.41 Å². The molecule has 2 aromatic rings. The molecule has 1 fully saturated rings. The lowest BCUT2D eigenvalue weighted by Crippen LogP contribution is -2.18. The first-order chi connectivity index (χ1) is 9.25. The first-order valence-electron chi connectivity index (χ1n) is 6.64. The Labute approximate surface area is 112 Å². The Morgan fingerprint density at radius 2 is 2.00 bits per heavy atom. The van der Waals surface area contributed by atoms with Crippen molar-refractivity contribution in [1.82, 2.24) is 4.98 Å². The molecule has 0 unspecified atom stereocenters. The number of ether oxygens (including phenoxy) is 1. The summed E-state index contributed by atoms with van der Waals surface area (Å²) in [5, 5.41) is 8.62. The standard InChI is InChI=1S/C15H17N3O/c16-15(17)12-9-18-13-8-4-3-7-11(13)14(12)19-10-5-1-2-6-10/h3-4,7-10H,1-2,5-6H2,(H3,16,17). The molecule has 0 bridgehead atoms. The largest absolute Gasteiger partial charge is 0.489 e.